The van der Waals surface area contributed by atoms with Gasteiger partial charge in [-0.2, -0.15) is 0 Å². The molecule has 5 heteroatoms. The third-order valence-corrected chi connectivity index (χ3v) is 3.66. The summed E-state index contributed by atoms with van der Waals surface area (Å²) in [5.41, 5.74) is 5.77. The Hall–Kier alpha value is -1.26. The minimum absolute atomic E-state index is 0.00657. The number of amides is 1. The second-order valence-electron chi connectivity index (χ2n) is 4.76. The molecule has 1 fully saturated rings. The summed E-state index contributed by atoms with van der Waals surface area (Å²) in [6.07, 6.45) is 1.46. The van der Waals surface area contributed by atoms with Crippen molar-refractivity contribution in [3.05, 3.63) is 29.3 Å². The van der Waals surface area contributed by atoms with E-state index in [1.54, 1.807) is 11.0 Å². The molecule has 2 rings (SSSR count). The average Bonchev–Trinajstić information content (AvgIpc) is 2.88. The number of halogens is 1. The molecule has 1 aromatic carbocycles. The Balaban J connectivity index is 1.92. The summed E-state index contributed by atoms with van der Waals surface area (Å²) in [5, 5.41) is 0.595. The summed E-state index contributed by atoms with van der Waals surface area (Å²) in [6.45, 7) is 3.19. The third kappa shape index (κ3) is 3.39. The van der Waals surface area contributed by atoms with Crippen LogP contribution in [0.2, 0.25) is 5.02 Å². The second kappa shape index (κ2) is 6.26. The molecule has 2 atom stereocenters. The minimum atomic E-state index is -0.404. The highest BCUT2D eigenvalue weighted by Crippen LogP contribution is 2.26. The van der Waals surface area contributed by atoms with E-state index in [1.807, 2.05) is 25.1 Å². The molecule has 1 saturated heterocycles. The molecule has 19 heavy (non-hydrogen) atoms. The fourth-order valence-corrected chi connectivity index (χ4v) is 2.33. The highest BCUT2D eigenvalue weighted by molar-refractivity contribution is 6.32. The monoisotopic (exact) mass is 282 g/mol. The summed E-state index contributed by atoms with van der Waals surface area (Å²) >= 11 is 6.05. The van der Waals surface area contributed by atoms with Crippen molar-refractivity contribution in [1.29, 1.82) is 0 Å². The highest BCUT2D eigenvalue weighted by Gasteiger charge is 2.30. The number of nitrogens with two attached hydrogens (primary N) is 1. The maximum atomic E-state index is 12.0. The van der Waals surface area contributed by atoms with Crippen LogP contribution in [-0.2, 0) is 4.79 Å². The number of carbonyl (C=O) groups is 1. The molecule has 1 aliphatic rings. The first kappa shape index (κ1) is 14.2. The van der Waals surface area contributed by atoms with Gasteiger partial charge in [0.15, 0.2) is 0 Å². The summed E-state index contributed by atoms with van der Waals surface area (Å²) in [6, 6.07) is 6.97. The van der Waals surface area contributed by atoms with Crippen LogP contribution in [0.15, 0.2) is 24.3 Å². The number of likely N-dealkylation sites (tertiary alicyclic amines) is 1. The number of benzene rings is 1. The van der Waals surface area contributed by atoms with Gasteiger partial charge in [-0.25, -0.2) is 0 Å². The SMILES string of the molecule is CC[C@H](N)C(=O)N1CC[C@H](Oc2ccccc2Cl)C1. The van der Waals surface area contributed by atoms with E-state index in [9.17, 15) is 4.79 Å². The van der Waals surface area contributed by atoms with Crippen molar-refractivity contribution in [2.45, 2.75) is 31.9 Å². The highest BCUT2D eigenvalue weighted by atomic mass is 35.5. The van der Waals surface area contributed by atoms with Crippen LogP contribution in [0.25, 0.3) is 0 Å². The quantitative estimate of drug-likeness (QED) is 0.920. The summed E-state index contributed by atoms with van der Waals surface area (Å²) in [5.74, 6) is 0.677. The Labute approximate surface area is 118 Å². The summed E-state index contributed by atoms with van der Waals surface area (Å²) < 4.78 is 5.83. The molecule has 0 aliphatic carbocycles. The molecule has 0 bridgehead atoms. The van der Waals surface area contributed by atoms with Gasteiger partial charge in [0, 0.05) is 13.0 Å². The van der Waals surface area contributed by atoms with Crippen LogP contribution in [0.3, 0.4) is 0 Å². The van der Waals surface area contributed by atoms with Gasteiger partial charge in [-0.1, -0.05) is 30.7 Å². The number of hydrogen-bond acceptors (Lipinski definition) is 3. The molecule has 4 nitrogen and oxygen atoms in total. The van der Waals surface area contributed by atoms with Crippen molar-refractivity contribution in [1.82, 2.24) is 4.90 Å². The molecule has 1 amide bonds. The Kier molecular flexibility index (Phi) is 4.66. The van der Waals surface area contributed by atoms with Crippen molar-refractivity contribution >= 4 is 17.5 Å². The van der Waals surface area contributed by atoms with Gasteiger partial charge in [0.1, 0.15) is 11.9 Å². The second-order valence-corrected chi connectivity index (χ2v) is 5.17. The van der Waals surface area contributed by atoms with E-state index in [4.69, 9.17) is 22.1 Å². The fourth-order valence-electron chi connectivity index (χ4n) is 2.15. The number of carbonyl (C=O) groups excluding carboxylic acids is 1. The van der Waals surface area contributed by atoms with Crippen LogP contribution in [0.5, 0.6) is 5.75 Å². The molecule has 0 spiro atoms. The Morgan fingerprint density at radius 3 is 3.00 bits per heavy atom. The minimum Gasteiger partial charge on any atom is -0.487 e. The lowest BCUT2D eigenvalue weighted by atomic mass is 10.2. The molecular formula is C14H19ClN2O2. The van der Waals surface area contributed by atoms with Crippen LogP contribution in [0, 0.1) is 0 Å². The van der Waals surface area contributed by atoms with Gasteiger partial charge in [-0.3, -0.25) is 4.79 Å². The van der Waals surface area contributed by atoms with Gasteiger partial charge >= 0.3 is 0 Å². The van der Waals surface area contributed by atoms with Crippen molar-refractivity contribution in [2.24, 2.45) is 5.73 Å². The maximum Gasteiger partial charge on any atom is 0.239 e. The van der Waals surface area contributed by atoms with Crippen LogP contribution in [0.1, 0.15) is 19.8 Å². The number of ether oxygens (including phenoxy) is 1. The van der Waals surface area contributed by atoms with E-state index in [0.717, 1.165) is 6.42 Å². The zero-order chi connectivity index (χ0) is 13.8. The van der Waals surface area contributed by atoms with Crippen LogP contribution < -0.4 is 10.5 Å². The van der Waals surface area contributed by atoms with Crippen molar-refractivity contribution in [3.63, 3.8) is 0 Å². The molecule has 104 valence electrons. The smallest absolute Gasteiger partial charge is 0.239 e. The molecule has 1 heterocycles. The molecule has 0 aromatic heterocycles. The maximum absolute atomic E-state index is 12.0. The van der Waals surface area contributed by atoms with Crippen LogP contribution in [-0.4, -0.2) is 36.0 Å². The van der Waals surface area contributed by atoms with Crippen molar-refractivity contribution in [3.8, 4) is 5.75 Å². The van der Waals surface area contributed by atoms with Gasteiger partial charge < -0.3 is 15.4 Å². The number of nitrogens with zero attached hydrogens (tertiary/aromatic N) is 1. The normalized spacial score (nSPS) is 20.4. The topological polar surface area (TPSA) is 55.6 Å². The molecular weight excluding hydrogens is 264 g/mol. The Morgan fingerprint density at radius 2 is 2.32 bits per heavy atom. The summed E-state index contributed by atoms with van der Waals surface area (Å²) in [4.78, 5) is 13.7. The van der Waals surface area contributed by atoms with Gasteiger partial charge in [0.25, 0.3) is 0 Å². The molecule has 1 aliphatic heterocycles. The average molecular weight is 283 g/mol. The van der Waals surface area contributed by atoms with E-state index >= 15 is 0 Å². The van der Waals surface area contributed by atoms with Crippen molar-refractivity contribution < 1.29 is 9.53 Å². The first-order valence-corrected chi connectivity index (χ1v) is 6.95. The number of para-hydroxylation sites is 1. The van der Waals surface area contributed by atoms with E-state index in [2.05, 4.69) is 0 Å². The third-order valence-electron chi connectivity index (χ3n) is 3.34. The van der Waals surface area contributed by atoms with Gasteiger partial charge in [0.2, 0.25) is 5.91 Å². The Morgan fingerprint density at radius 1 is 1.58 bits per heavy atom. The molecule has 0 saturated carbocycles. The largest absolute Gasteiger partial charge is 0.487 e. The van der Waals surface area contributed by atoms with Crippen molar-refractivity contribution in [2.75, 3.05) is 13.1 Å². The first-order valence-electron chi connectivity index (χ1n) is 6.57. The first-order chi connectivity index (χ1) is 9.11. The van der Waals surface area contributed by atoms with E-state index < -0.39 is 6.04 Å². The van der Waals surface area contributed by atoms with E-state index in [-0.39, 0.29) is 12.0 Å². The lowest BCUT2D eigenvalue weighted by Crippen LogP contribution is -2.42. The predicted octanol–water partition coefficient (Wildman–Crippen LogP) is 2.06. The standard InChI is InChI=1S/C14H19ClN2O2/c1-2-12(16)14(18)17-8-7-10(9-17)19-13-6-4-3-5-11(13)15/h3-6,10,12H,2,7-9,16H2,1H3/t10-,12-/m0/s1. The molecule has 0 radical (unpaired) electrons. The predicted molar refractivity (Wildman–Crippen MR) is 75.3 cm³/mol. The van der Waals surface area contributed by atoms with Crippen LogP contribution in [0.4, 0.5) is 0 Å². The van der Waals surface area contributed by atoms with E-state index in [1.165, 1.54) is 0 Å². The number of rotatable bonds is 4. The van der Waals surface area contributed by atoms with Gasteiger partial charge in [-0.15, -0.1) is 0 Å². The zero-order valence-electron chi connectivity index (χ0n) is 11.0. The Bertz CT molecular complexity index is 453. The van der Waals surface area contributed by atoms with Gasteiger partial charge in [-0.05, 0) is 18.6 Å². The fraction of sp³-hybridized carbons (Fsp3) is 0.500. The van der Waals surface area contributed by atoms with E-state index in [0.29, 0.717) is 30.3 Å². The lowest BCUT2D eigenvalue weighted by Gasteiger charge is -2.20. The lowest BCUT2D eigenvalue weighted by molar-refractivity contribution is -0.131. The van der Waals surface area contributed by atoms with Crippen LogP contribution >= 0.6 is 11.6 Å². The van der Waals surface area contributed by atoms with Gasteiger partial charge in [0.05, 0.1) is 17.6 Å². The zero-order valence-corrected chi connectivity index (χ0v) is 11.8. The molecule has 0 unspecified atom stereocenters. The molecule has 1 aromatic rings. The number of hydrogen-bond donors (Lipinski definition) is 1. The molecule has 2 N–H and O–H groups in total. The summed E-state index contributed by atoms with van der Waals surface area (Å²) in [7, 11) is 0.